The van der Waals surface area contributed by atoms with Crippen LogP contribution in [0.25, 0.3) is 6.08 Å². The molecular formula is C26H31ClN2O5. The second-order valence-corrected chi connectivity index (χ2v) is 8.42. The molecule has 0 spiro atoms. The van der Waals surface area contributed by atoms with Crippen molar-refractivity contribution < 1.29 is 23.8 Å². The molecule has 8 heteroatoms. The van der Waals surface area contributed by atoms with Crippen LogP contribution in [0.3, 0.4) is 0 Å². The molecule has 0 aliphatic carbocycles. The van der Waals surface area contributed by atoms with E-state index in [1.54, 1.807) is 54.4 Å². The Morgan fingerprint density at radius 2 is 1.68 bits per heavy atom. The van der Waals surface area contributed by atoms with Gasteiger partial charge in [0, 0.05) is 37.8 Å². The first-order valence-electron chi connectivity index (χ1n) is 11.3. The van der Waals surface area contributed by atoms with Gasteiger partial charge in [-0.2, -0.15) is 0 Å². The first kappa shape index (κ1) is 25.4. The van der Waals surface area contributed by atoms with Crippen molar-refractivity contribution in [3.63, 3.8) is 0 Å². The summed E-state index contributed by atoms with van der Waals surface area (Å²) in [4.78, 5) is 29.1. The highest BCUT2D eigenvalue weighted by Crippen LogP contribution is 2.37. The van der Waals surface area contributed by atoms with E-state index in [1.807, 2.05) is 19.9 Å². The highest BCUT2D eigenvalue weighted by atomic mass is 35.5. The number of carbonyl (C=O) groups excluding carboxylic acids is 2. The summed E-state index contributed by atoms with van der Waals surface area (Å²) in [6, 6.07) is 8.97. The van der Waals surface area contributed by atoms with Crippen LogP contribution in [0.15, 0.2) is 36.4 Å². The highest BCUT2D eigenvalue weighted by Gasteiger charge is 2.24. The molecule has 0 aromatic heterocycles. The molecule has 34 heavy (non-hydrogen) atoms. The molecule has 0 unspecified atom stereocenters. The minimum absolute atomic E-state index is 0.0620. The molecule has 0 radical (unpaired) electrons. The van der Waals surface area contributed by atoms with Crippen molar-refractivity contribution in [1.82, 2.24) is 9.80 Å². The third kappa shape index (κ3) is 6.03. The number of piperazine rings is 1. The van der Waals surface area contributed by atoms with Gasteiger partial charge in [-0.1, -0.05) is 24.6 Å². The molecule has 1 fully saturated rings. The first-order valence-corrected chi connectivity index (χ1v) is 11.7. The van der Waals surface area contributed by atoms with Gasteiger partial charge in [0.15, 0.2) is 11.5 Å². The predicted octanol–water partition coefficient (Wildman–Crippen LogP) is 4.45. The van der Waals surface area contributed by atoms with Gasteiger partial charge >= 0.3 is 0 Å². The number of hydrogen-bond donors (Lipinski definition) is 0. The monoisotopic (exact) mass is 486 g/mol. The fourth-order valence-corrected chi connectivity index (χ4v) is 3.99. The van der Waals surface area contributed by atoms with Gasteiger partial charge in [0.2, 0.25) is 5.91 Å². The summed E-state index contributed by atoms with van der Waals surface area (Å²) in [5.74, 6) is 1.53. The lowest BCUT2D eigenvalue weighted by atomic mass is 10.1. The minimum atomic E-state index is -0.120. The lowest BCUT2D eigenvalue weighted by Gasteiger charge is -2.34. The van der Waals surface area contributed by atoms with Gasteiger partial charge < -0.3 is 24.0 Å². The summed E-state index contributed by atoms with van der Waals surface area (Å²) in [6.45, 7) is 6.35. The Balaban J connectivity index is 1.60. The fraction of sp³-hybridized carbons (Fsp3) is 0.385. The SMILES string of the molecule is CCCOc1c(Cl)cc(/C=C/C(=O)N2CCN(C(=O)c3ccc(C)c(OC)c3)CC2)cc1OC. The van der Waals surface area contributed by atoms with Gasteiger partial charge in [-0.3, -0.25) is 9.59 Å². The minimum Gasteiger partial charge on any atom is -0.496 e. The Kier molecular flexibility index (Phi) is 8.82. The van der Waals surface area contributed by atoms with Crippen molar-refractivity contribution in [2.24, 2.45) is 0 Å². The standard InChI is InChI=1S/C26H31ClN2O5/c1-5-14-34-25-21(27)15-19(16-23(25)33-4)7-9-24(30)28-10-12-29(13-11-28)26(31)20-8-6-18(2)22(17-20)32-3/h6-9,15-17H,5,10-14H2,1-4H3/b9-7+. The number of amides is 2. The number of rotatable bonds is 8. The van der Waals surface area contributed by atoms with Crippen LogP contribution in [0.5, 0.6) is 17.2 Å². The number of carbonyl (C=O) groups is 2. The van der Waals surface area contributed by atoms with E-state index in [4.69, 9.17) is 25.8 Å². The molecule has 2 aromatic carbocycles. The second kappa shape index (κ2) is 11.8. The van der Waals surface area contributed by atoms with Gasteiger partial charge in [0.25, 0.3) is 5.91 Å². The van der Waals surface area contributed by atoms with Crippen molar-refractivity contribution in [2.45, 2.75) is 20.3 Å². The average molecular weight is 487 g/mol. The summed E-state index contributed by atoms with van der Waals surface area (Å²) in [6.07, 6.45) is 4.07. The van der Waals surface area contributed by atoms with Gasteiger partial charge in [-0.25, -0.2) is 0 Å². The van der Waals surface area contributed by atoms with Gasteiger partial charge in [-0.15, -0.1) is 0 Å². The lowest BCUT2D eigenvalue weighted by Crippen LogP contribution is -2.50. The summed E-state index contributed by atoms with van der Waals surface area (Å²) >= 11 is 6.36. The number of nitrogens with zero attached hydrogens (tertiary/aromatic N) is 2. The highest BCUT2D eigenvalue weighted by molar-refractivity contribution is 6.32. The summed E-state index contributed by atoms with van der Waals surface area (Å²) in [5.41, 5.74) is 2.30. The van der Waals surface area contributed by atoms with Crippen LogP contribution in [0, 0.1) is 6.92 Å². The maximum Gasteiger partial charge on any atom is 0.254 e. The summed E-state index contributed by atoms with van der Waals surface area (Å²) in [5, 5.41) is 0.430. The molecule has 1 heterocycles. The number of benzene rings is 2. The smallest absolute Gasteiger partial charge is 0.254 e. The van der Waals surface area contributed by atoms with Crippen LogP contribution in [0.1, 0.15) is 34.8 Å². The summed E-state index contributed by atoms with van der Waals surface area (Å²) in [7, 11) is 3.14. The Hall–Kier alpha value is -3.19. The van der Waals surface area contributed by atoms with Crippen molar-refractivity contribution in [3.8, 4) is 17.2 Å². The number of hydrogen-bond acceptors (Lipinski definition) is 5. The van der Waals surface area contributed by atoms with Crippen molar-refractivity contribution in [1.29, 1.82) is 0 Å². The van der Waals surface area contributed by atoms with E-state index in [2.05, 4.69) is 0 Å². The number of aryl methyl sites for hydroxylation is 1. The Morgan fingerprint density at radius 3 is 2.32 bits per heavy atom. The largest absolute Gasteiger partial charge is 0.496 e. The van der Waals surface area contributed by atoms with E-state index >= 15 is 0 Å². The topological polar surface area (TPSA) is 68.3 Å². The Bertz CT molecular complexity index is 1060. The van der Waals surface area contributed by atoms with E-state index < -0.39 is 0 Å². The maximum atomic E-state index is 12.9. The first-order chi connectivity index (χ1) is 16.4. The lowest BCUT2D eigenvalue weighted by molar-refractivity contribution is -0.127. The normalized spacial score (nSPS) is 13.8. The van der Waals surface area contributed by atoms with Crippen LogP contribution in [-0.4, -0.2) is 68.6 Å². The zero-order chi connectivity index (χ0) is 24.7. The maximum absolute atomic E-state index is 12.9. The molecule has 0 atom stereocenters. The second-order valence-electron chi connectivity index (χ2n) is 8.02. The van der Waals surface area contributed by atoms with E-state index in [9.17, 15) is 9.59 Å². The quantitative estimate of drug-likeness (QED) is 0.515. The Labute approximate surface area is 205 Å². The van der Waals surface area contributed by atoms with E-state index in [-0.39, 0.29) is 11.8 Å². The van der Waals surface area contributed by atoms with Crippen LogP contribution in [0.4, 0.5) is 0 Å². The zero-order valence-corrected chi connectivity index (χ0v) is 20.9. The predicted molar refractivity (Wildman–Crippen MR) is 133 cm³/mol. The van der Waals surface area contributed by atoms with Crippen molar-refractivity contribution in [2.75, 3.05) is 47.0 Å². The van der Waals surface area contributed by atoms with Crippen LogP contribution in [0.2, 0.25) is 5.02 Å². The molecule has 1 aliphatic heterocycles. The number of halogens is 1. The van der Waals surface area contributed by atoms with E-state index in [0.29, 0.717) is 60.6 Å². The molecular weight excluding hydrogens is 456 g/mol. The average Bonchev–Trinajstić information content (AvgIpc) is 2.86. The molecule has 2 aromatic rings. The Morgan fingerprint density at radius 1 is 1.00 bits per heavy atom. The third-order valence-electron chi connectivity index (χ3n) is 5.65. The summed E-state index contributed by atoms with van der Waals surface area (Å²) < 4.78 is 16.4. The molecule has 3 rings (SSSR count). The van der Waals surface area contributed by atoms with Crippen molar-refractivity contribution in [3.05, 3.63) is 58.1 Å². The molecule has 2 amide bonds. The molecule has 0 N–H and O–H groups in total. The zero-order valence-electron chi connectivity index (χ0n) is 20.1. The van der Waals surface area contributed by atoms with Crippen molar-refractivity contribution >= 4 is 29.5 Å². The van der Waals surface area contributed by atoms with E-state index in [1.165, 1.54) is 6.08 Å². The third-order valence-corrected chi connectivity index (χ3v) is 5.93. The molecule has 1 aliphatic rings. The molecule has 0 saturated carbocycles. The van der Waals surface area contributed by atoms with Gasteiger partial charge in [0.05, 0.1) is 25.8 Å². The van der Waals surface area contributed by atoms with Gasteiger partial charge in [-0.05, 0) is 54.8 Å². The number of methoxy groups -OCH3 is 2. The van der Waals surface area contributed by atoms with Crippen LogP contribution in [-0.2, 0) is 4.79 Å². The molecule has 1 saturated heterocycles. The van der Waals surface area contributed by atoms with E-state index in [0.717, 1.165) is 17.5 Å². The van der Waals surface area contributed by atoms with Crippen LogP contribution < -0.4 is 14.2 Å². The fourth-order valence-electron chi connectivity index (χ4n) is 3.72. The number of ether oxygens (including phenoxy) is 3. The molecule has 0 bridgehead atoms. The van der Waals surface area contributed by atoms with Gasteiger partial charge in [0.1, 0.15) is 5.75 Å². The van der Waals surface area contributed by atoms with Crippen LogP contribution >= 0.6 is 11.6 Å². The molecule has 182 valence electrons. The molecule has 7 nitrogen and oxygen atoms in total.